The molecule has 0 bridgehead atoms. The molecule has 0 aliphatic carbocycles. The van der Waals surface area contributed by atoms with Crippen molar-refractivity contribution in [2.45, 2.75) is 32.1 Å². The van der Waals surface area contributed by atoms with Gasteiger partial charge in [0.05, 0.1) is 23.8 Å². The molecule has 3 N–H and O–H groups in total. The van der Waals surface area contributed by atoms with Gasteiger partial charge in [-0.25, -0.2) is 0 Å². The number of carbonyl (C=O) groups excluding carboxylic acids is 2. The first-order valence-electron chi connectivity index (χ1n) is 8.78. The molecular weight excluding hydrogens is 377 g/mol. The molecule has 0 aromatic heterocycles. The first-order chi connectivity index (χ1) is 12.1. The molecule has 1 aliphatic rings. The molecule has 0 atom stereocenters. The lowest BCUT2D eigenvalue weighted by atomic mass is 10.1. The number of nitrogens with two attached hydrogens (primary N) is 1. The van der Waals surface area contributed by atoms with Gasteiger partial charge in [0.15, 0.2) is 0 Å². The smallest absolute Gasteiger partial charge is 0.255 e. The van der Waals surface area contributed by atoms with E-state index in [4.69, 9.17) is 22.1 Å². The highest BCUT2D eigenvalue weighted by atomic mass is 35.5. The summed E-state index contributed by atoms with van der Waals surface area (Å²) in [7, 11) is 0. The topological polar surface area (TPSA) is 84.7 Å². The average Bonchev–Trinajstić information content (AvgIpc) is 2.62. The van der Waals surface area contributed by atoms with Gasteiger partial charge in [0, 0.05) is 25.2 Å². The van der Waals surface area contributed by atoms with Crippen molar-refractivity contribution in [2.24, 2.45) is 5.73 Å². The lowest BCUT2D eigenvalue weighted by Crippen LogP contribution is -2.40. The van der Waals surface area contributed by atoms with Gasteiger partial charge in [-0.15, -0.1) is 12.4 Å². The van der Waals surface area contributed by atoms with Crippen LogP contribution in [-0.4, -0.2) is 49.6 Å². The second-order valence-electron chi connectivity index (χ2n) is 6.10. The fraction of sp³-hybridized carbons (Fsp3) is 0.556. The highest BCUT2D eigenvalue weighted by Crippen LogP contribution is 2.23. The Morgan fingerprint density at radius 1 is 1.15 bits per heavy atom. The minimum absolute atomic E-state index is 0. The van der Waals surface area contributed by atoms with Crippen LogP contribution in [0.5, 0.6) is 0 Å². The van der Waals surface area contributed by atoms with E-state index in [-0.39, 0.29) is 24.2 Å². The number of benzene rings is 1. The summed E-state index contributed by atoms with van der Waals surface area (Å²) in [5.41, 5.74) is 6.50. The molecule has 0 unspecified atom stereocenters. The summed E-state index contributed by atoms with van der Waals surface area (Å²) in [5.74, 6) is -0.151. The molecular formula is C18H27Cl2N3O3. The van der Waals surface area contributed by atoms with Gasteiger partial charge in [0.1, 0.15) is 0 Å². The molecule has 1 aromatic carbocycles. The summed E-state index contributed by atoms with van der Waals surface area (Å²) in [4.78, 5) is 26.2. The number of nitrogens with one attached hydrogen (secondary N) is 1. The maximum absolute atomic E-state index is 12.5. The van der Waals surface area contributed by atoms with Gasteiger partial charge in [0.2, 0.25) is 5.91 Å². The molecule has 1 heterocycles. The van der Waals surface area contributed by atoms with Crippen molar-refractivity contribution >= 4 is 41.5 Å². The molecule has 0 radical (unpaired) electrons. The zero-order valence-electron chi connectivity index (χ0n) is 14.8. The van der Waals surface area contributed by atoms with E-state index >= 15 is 0 Å². The van der Waals surface area contributed by atoms with Crippen LogP contribution >= 0.6 is 24.0 Å². The Hall–Kier alpha value is -1.34. The number of carbonyl (C=O) groups is 2. The molecule has 0 spiro atoms. The number of halogens is 2. The van der Waals surface area contributed by atoms with Crippen molar-refractivity contribution in [3.8, 4) is 0 Å². The Labute approximate surface area is 165 Å². The second kappa shape index (κ2) is 12.1. The second-order valence-corrected chi connectivity index (χ2v) is 6.51. The van der Waals surface area contributed by atoms with Gasteiger partial charge in [0.25, 0.3) is 5.91 Å². The molecule has 2 amide bonds. The third-order valence-corrected chi connectivity index (χ3v) is 4.45. The number of rotatable bonds is 8. The fourth-order valence-electron chi connectivity index (χ4n) is 2.71. The number of anilines is 1. The normalized spacial score (nSPS) is 13.8. The zero-order chi connectivity index (χ0) is 18.1. The molecule has 0 saturated carbocycles. The van der Waals surface area contributed by atoms with Crippen molar-refractivity contribution in [2.75, 3.05) is 38.2 Å². The van der Waals surface area contributed by atoms with E-state index in [0.717, 1.165) is 25.7 Å². The van der Waals surface area contributed by atoms with Crippen molar-refractivity contribution in [3.63, 3.8) is 0 Å². The highest BCUT2D eigenvalue weighted by Gasteiger charge is 2.20. The summed E-state index contributed by atoms with van der Waals surface area (Å²) >= 11 is 6.25. The third-order valence-electron chi connectivity index (χ3n) is 4.14. The van der Waals surface area contributed by atoms with Crippen LogP contribution < -0.4 is 11.1 Å². The molecule has 1 aromatic rings. The molecule has 1 saturated heterocycles. The molecule has 146 valence electrons. The van der Waals surface area contributed by atoms with E-state index in [1.807, 2.05) is 0 Å². The van der Waals surface area contributed by atoms with Crippen LogP contribution in [0.25, 0.3) is 0 Å². The lowest BCUT2D eigenvalue weighted by molar-refractivity contribution is -0.116. The minimum Gasteiger partial charge on any atom is -0.378 e. The summed E-state index contributed by atoms with van der Waals surface area (Å²) in [6.45, 7) is 2.92. The summed E-state index contributed by atoms with van der Waals surface area (Å²) in [6.07, 6.45) is 4.35. The van der Waals surface area contributed by atoms with Gasteiger partial charge < -0.3 is 20.7 Å². The van der Waals surface area contributed by atoms with Crippen LogP contribution in [0.15, 0.2) is 18.2 Å². The number of amides is 2. The van der Waals surface area contributed by atoms with Crippen LogP contribution in [0.2, 0.25) is 5.02 Å². The van der Waals surface area contributed by atoms with E-state index in [9.17, 15) is 9.59 Å². The maximum atomic E-state index is 12.5. The molecule has 26 heavy (non-hydrogen) atoms. The van der Waals surface area contributed by atoms with Gasteiger partial charge in [-0.3, -0.25) is 9.59 Å². The Morgan fingerprint density at radius 2 is 1.85 bits per heavy atom. The SMILES string of the molecule is Cl.NCCCCCCC(=O)Nc1ccc(C(=O)N2CCOCC2)c(Cl)c1. The maximum Gasteiger partial charge on any atom is 0.255 e. The molecule has 1 fully saturated rings. The zero-order valence-corrected chi connectivity index (χ0v) is 16.4. The van der Waals surface area contributed by atoms with Crippen molar-refractivity contribution in [1.29, 1.82) is 0 Å². The summed E-state index contributed by atoms with van der Waals surface area (Å²) in [5, 5.41) is 3.17. The highest BCUT2D eigenvalue weighted by molar-refractivity contribution is 6.34. The van der Waals surface area contributed by atoms with E-state index in [1.54, 1.807) is 23.1 Å². The van der Waals surface area contributed by atoms with Crippen LogP contribution in [-0.2, 0) is 9.53 Å². The van der Waals surface area contributed by atoms with Crippen LogP contribution in [0.4, 0.5) is 5.69 Å². The lowest BCUT2D eigenvalue weighted by Gasteiger charge is -2.27. The third kappa shape index (κ3) is 7.11. The van der Waals surface area contributed by atoms with Crippen LogP contribution in [0, 0.1) is 0 Å². The van der Waals surface area contributed by atoms with E-state index in [0.29, 0.717) is 55.5 Å². The summed E-state index contributed by atoms with van der Waals surface area (Å²) < 4.78 is 5.25. The Kier molecular flexibility index (Phi) is 10.6. The van der Waals surface area contributed by atoms with Gasteiger partial charge in [-0.2, -0.15) is 0 Å². The number of ether oxygens (including phenoxy) is 1. The van der Waals surface area contributed by atoms with E-state index in [1.165, 1.54) is 0 Å². The van der Waals surface area contributed by atoms with Gasteiger partial charge in [-0.1, -0.05) is 24.4 Å². The Bertz CT molecular complexity index is 593. The minimum atomic E-state index is -0.105. The predicted molar refractivity (Wildman–Crippen MR) is 106 cm³/mol. The number of hydrogen-bond acceptors (Lipinski definition) is 4. The first kappa shape index (κ1) is 22.7. The van der Waals surface area contributed by atoms with E-state index in [2.05, 4.69) is 5.32 Å². The molecule has 8 heteroatoms. The quantitative estimate of drug-likeness (QED) is 0.653. The molecule has 1 aliphatic heterocycles. The Balaban J connectivity index is 0.00000338. The number of hydrogen-bond donors (Lipinski definition) is 2. The number of nitrogens with zero attached hydrogens (tertiary/aromatic N) is 1. The molecule has 6 nitrogen and oxygen atoms in total. The molecule has 2 rings (SSSR count). The standard InChI is InChI=1S/C18H26ClN3O3.ClH/c19-16-13-14(21-17(23)5-3-1-2-4-8-20)6-7-15(16)18(24)22-9-11-25-12-10-22;/h6-7,13H,1-5,8-12,20H2,(H,21,23);1H. The largest absolute Gasteiger partial charge is 0.378 e. The van der Waals surface area contributed by atoms with Gasteiger partial charge in [-0.05, 0) is 37.6 Å². The van der Waals surface area contributed by atoms with Crippen molar-refractivity contribution in [1.82, 2.24) is 4.90 Å². The number of morpholine rings is 1. The fourth-order valence-corrected chi connectivity index (χ4v) is 2.97. The summed E-state index contributed by atoms with van der Waals surface area (Å²) in [6, 6.07) is 5.00. The monoisotopic (exact) mass is 403 g/mol. The average molecular weight is 404 g/mol. The van der Waals surface area contributed by atoms with Crippen molar-refractivity contribution in [3.05, 3.63) is 28.8 Å². The first-order valence-corrected chi connectivity index (χ1v) is 9.16. The predicted octanol–water partition coefficient (Wildman–Crippen LogP) is 3.08. The van der Waals surface area contributed by atoms with E-state index < -0.39 is 0 Å². The number of unbranched alkanes of at least 4 members (excludes halogenated alkanes) is 3. The Morgan fingerprint density at radius 3 is 2.50 bits per heavy atom. The van der Waals surface area contributed by atoms with Crippen molar-refractivity contribution < 1.29 is 14.3 Å². The van der Waals surface area contributed by atoms with Crippen LogP contribution in [0.3, 0.4) is 0 Å². The van der Waals surface area contributed by atoms with Crippen LogP contribution in [0.1, 0.15) is 42.5 Å². The van der Waals surface area contributed by atoms with Gasteiger partial charge >= 0.3 is 0 Å².